The van der Waals surface area contributed by atoms with Gasteiger partial charge in [-0.1, -0.05) is 29.8 Å². The minimum Gasteiger partial charge on any atom is -0.371 e. The third-order valence-corrected chi connectivity index (χ3v) is 5.54. The number of piperidine rings is 1. The molecule has 1 aliphatic heterocycles. The van der Waals surface area contributed by atoms with Gasteiger partial charge in [-0.2, -0.15) is 0 Å². The van der Waals surface area contributed by atoms with E-state index in [1.807, 2.05) is 30.3 Å². The van der Waals surface area contributed by atoms with E-state index in [9.17, 15) is 0 Å². The highest BCUT2D eigenvalue weighted by Crippen LogP contribution is 2.32. The number of aromatic nitrogens is 1. The predicted octanol–water partition coefficient (Wildman–Crippen LogP) is 6.79. The van der Waals surface area contributed by atoms with Crippen molar-refractivity contribution in [1.82, 2.24) is 10.3 Å². The number of pyridine rings is 1. The van der Waals surface area contributed by atoms with Crippen LogP contribution in [-0.2, 0) is 0 Å². The fourth-order valence-corrected chi connectivity index (χ4v) is 4.17. The average Bonchev–Trinajstić information content (AvgIpc) is 2.76. The van der Waals surface area contributed by atoms with Gasteiger partial charge in [-0.25, -0.2) is 4.98 Å². The van der Waals surface area contributed by atoms with E-state index in [-0.39, 0.29) is 5.54 Å². The topological polar surface area (TPSA) is 40.2 Å². The molecule has 0 saturated carbocycles. The molecule has 0 atom stereocenters. The van der Waals surface area contributed by atoms with E-state index in [0.29, 0.717) is 6.04 Å². The molecule has 1 aliphatic rings. The van der Waals surface area contributed by atoms with Gasteiger partial charge < -0.3 is 15.5 Å². The van der Waals surface area contributed by atoms with E-state index in [2.05, 4.69) is 73.7 Å². The van der Waals surface area contributed by atoms with Crippen molar-refractivity contribution in [3.63, 3.8) is 0 Å². The lowest BCUT2D eigenvalue weighted by atomic mass is 9.99. The molecule has 3 aromatic rings. The number of nitrogens with one attached hydrogen (secondary N) is 2. The second-order valence-corrected chi connectivity index (χ2v) is 9.27. The number of hydrogen-bond acceptors (Lipinski definition) is 4. The van der Waals surface area contributed by atoms with Crippen molar-refractivity contribution in [3.05, 3.63) is 72.8 Å². The average molecular weight is 437 g/mol. The quantitative estimate of drug-likeness (QED) is 0.441. The van der Waals surface area contributed by atoms with Crippen LogP contribution in [0.25, 0.3) is 10.9 Å². The Labute approximate surface area is 191 Å². The van der Waals surface area contributed by atoms with Gasteiger partial charge in [-0.05, 0) is 63.9 Å². The maximum atomic E-state index is 6.02. The fourth-order valence-electron chi connectivity index (χ4n) is 4.04. The van der Waals surface area contributed by atoms with Crippen LogP contribution in [-0.4, -0.2) is 29.7 Å². The van der Waals surface area contributed by atoms with Gasteiger partial charge in [0.05, 0.1) is 5.52 Å². The maximum absolute atomic E-state index is 6.02. The summed E-state index contributed by atoms with van der Waals surface area (Å²) < 4.78 is 0. The van der Waals surface area contributed by atoms with Crippen LogP contribution in [0.1, 0.15) is 33.6 Å². The number of benzene rings is 2. The van der Waals surface area contributed by atoms with Gasteiger partial charge in [0.2, 0.25) is 0 Å². The minimum absolute atomic E-state index is 0.159. The van der Waals surface area contributed by atoms with E-state index >= 15 is 0 Å². The lowest BCUT2D eigenvalue weighted by Crippen LogP contribution is -2.49. The molecule has 2 aromatic carbocycles. The smallest absolute Gasteiger partial charge is 0.133 e. The van der Waals surface area contributed by atoms with E-state index in [1.54, 1.807) is 0 Å². The van der Waals surface area contributed by atoms with Crippen molar-refractivity contribution >= 4 is 39.7 Å². The standard InChI is InChI=1S/C24H29ClN4.C2H4/c1-24(2,3)28-19-12-14-29(15-13-19)22-16-23(26-18-10-8-17(25)9-11-18)27-21-7-5-4-6-20(21)22;1-2/h4-11,16,19,28H,12-15H2,1-3H3,(H,26,27);1-2H2. The van der Waals surface area contributed by atoms with Gasteiger partial charge in [0.1, 0.15) is 5.82 Å². The molecule has 0 amide bonds. The monoisotopic (exact) mass is 436 g/mol. The van der Waals surface area contributed by atoms with Gasteiger partial charge in [0, 0.05) is 52.5 Å². The van der Waals surface area contributed by atoms with Gasteiger partial charge in [0.15, 0.2) is 0 Å². The maximum Gasteiger partial charge on any atom is 0.133 e. The number of fused-ring (bicyclic) bond motifs is 1. The Morgan fingerprint density at radius 2 is 1.65 bits per heavy atom. The third-order valence-electron chi connectivity index (χ3n) is 5.28. The highest BCUT2D eigenvalue weighted by molar-refractivity contribution is 6.30. The summed E-state index contributed by atoms with van der Waals surface area (Å²) in [7, 11) is 0. The van der Waals surface area contributed by atoms with Crippen LogP contribution >= 0.6 is 11.6 Å². The molecule has 4 rings (SSSR count). The summed E-state index contributed by atoms with van der Waals surface area (Å²) in [5, 5.41) is 9.12. The molecule has 0 spiro atoms. The van der Waals surface area contributed by atoms with E-state index in [1.165, 1.54) is 11.1 Å². The van der Waals surface area contributed by atoms with Gasteiger partial charge in [-0.3, -0.25) is 0 Å². The number of halogens is 1. The Morgan fingerprint density at radius 1 is 1.00 bits per heavy atom. The molecule has 1 aromatic heterocycles. The molecular formula is C26H33ClN4. The van der Waals surface area contributed by atoms with E-state index < -0.39 is 0 Å². The number of rotatable bonds is 4. The summed E-state index contributed by atoms with van der Waals surface area (Å²) in [5.41, 5.74) is 3.40. The minimum atomic E-state index is 0.159. The summed E-state index contributed by atoms with van der Waals surface area (Å²) in [6, 6.07) is 18.9. The molecule has 31 heavy (non-hydrogen) atoms. The van der Waals surface area contributed by atoms with E-state index in [0.717, 1.165) is 48.0 Å². The zero-order valence-electron chi connectivity index (χ0n) is 18.8. The Morgan fingerprint density at radius 3 is 2.29 bits per heavy atom. The molecule has 5 heteroatoms. The van der Waals surface area contributed by atoms with E-state index in [4.69, 9.17) is 16.6 Å². The first-order valence-electron chi connectivity index (χ1n) is 10.8. The van der Waals surface area contributed by atoms with Crippen LogP contribution < -0.4 is 15.5 Å². The SMILES string of the molecule is C=C.CC(C)(C)NC1CCN(c2cc(Nc3ccc(Cl)cc3)nc3ccccc23)CC1. The van der Waals surface area contributed by atoms with Crippen LogP contribution in [0.4, 0.5) is 17.2 Å². The zero-order valence-corrected chi connectivity index (χ0v) is 19.5. The second-order valence-electron chi connectivity index (χ2n) is 8.83. The van der Waals surface area contributed by atoms with Crippen molar-refractivity contribution < 1.29 is 0 Å². The molecule has 4 nitrogen and oxygen atoms in total. The molecular weight excluding hydrogens is 404 g/mol. The first kappa shape index (κ1) is 23.1. The van der Waals surface area contributed by atoms with Crippen LogP contribution in [0, 0.1) is 0 Å². The van der Waals surface area contributed by atoms with Crippen LogP contribution in [0.3, 0.4) is 0 Å². The Bertz CT molecular complexity index is 986. The molecule has 2 heterocycles. The van der Waals surface area contributed by atoms with Crippen LogP contribution in [0.5, 0.6) is 0 Å². The first-order chi connectivity index (χ1) is 14.9. The van der Waals surface area contributed by atoms with Crippen molar-refractivity contribution in [2.45, 2.75) is 45.2 Å². The third kappa shape index (κ3) is 6.22. The lowest BCUT2D eigenvalue weighted by Gasteiger charge is -2.37. The number of hydrogen-bond donors (Lipinski definition) is 2. The molecule has 0 unspecified atom stereocenters. The second kappa shape index (κ2) is 10.2. The number of anilines is 3. The van der Waals surface area contributed by atoms with Crippen molar-refractivity contribution in [3.8, 4) is 0 Å². The molecule has 1 saturated heterocycles. The molecule has 1 fully saturated rings. The first-order valence-corrected chi connectivity index (χ1v) is 11.2. The van der Waals surface area contributed by atoms with Crippen LogP contribution in [0.2, 0.25) is 5.02 Å². The summed E-state index contributed by atoms with van der Waals surface area (Å²) in [4.78, 5) is 7.33. The molecule has 0 bridgehead atoms. The normalized spacial score (nSPS) is 14.8. The highest BCUT2D eigenvalue weighted by Gasteiger charge is 2.24. The summed E-state index contributed by atoms with van der Waals surface area (Å²) in [6.45, 7) is 14.8. The molecule has 0 radical (unpaired) electrons. The molecule has 164 valence electrons. The summed E-state index contributed by atoms with van der Waals surface area (Å²) in [5.74, 6) is 0.857. The highest BCUT2D eigenvalue weighted by atomic mass is 35.5. The lowest BCUT2D eigenvalue weighted by molar-refractivity contribution is 0.317. The fraction of sp³-hybridized carbons (Fsp3) is 0.346. The van der Waals surface area contributed by atoms with Crippen molar-refractivity contribution in [2.24, 2.45) is 0 Å². The number of nitrogens with zero attached hydrogens (tertiary/aromatic N) is 2. The van der Waals surface area contributed by atoms with Gasteiger partial charge >= 0.3 is 0 Å². The Kier molecular flexibility index (Phi) is 7.58. The van der Waals surface area contributed by atoms with Crippen LogP contribution in [0.15, 0.2) is 67.8 Å². The Balaban J connectivity index is 0.00000132. The largest absolute Gasteiger partial charge is 0.371 e. The number of para-hydroxylation sites is 1. The molecule has 0 aliphatic carbocycles. The van der Waals surface area contributed by atoms with Crippen molar-refractivity contribution in [2.75, 3.05) is 23.3 Å². The summed E-state index contributed by atoms with van der Waals surface area (Å²) in [6.07, 6.45) is 2.29. The summed E-state index contributed by atoms with van der Waals surface area (Å²) >= 11 is 6.02. The van der Waals surface area contributed by atoms with Gasteiger partial charge in [-0.15, -0.1) is 13.2 Å². The van der Waals surface area contributed by atoms with Gasteiger partial charge in [0.25, 0.3) is 0 Å². The predicted molar refractivity (Wildman–Crippen MR) is 136 cm³/mol. The Hall–Kier alpha value is -2.56. The zero-order chi connectivity index (χ0) is 22.4. The van der Waals surface area contributed by atoms with Crippen molar-refractivity contribution in [1.29, 1.82) is 0 Å². The molecule has 2 N–H and O–H groups in total.